The molecule has 0 fully saturated rings. The number of nitrogens with zero attached hydrogens (tertiary/aromatic N) is 2. The van der Waals surface area contributed by atoms with E-state index in [1.54, 1.807) is 6.07 Å². The number of aliphatic hydroxyl groups is 1. The molecule has 0 aromatic rings. The molecular weight excluding hydrogens is 92.1 g/mol. The van der Waals surface area contributed by atoms with Crippen molar-refractivity contribution in [2.75, 3.05) is 6.61 Å². The number of aliphatic hydroxyl groups excluding tert-OH is 1. The van der Waals surface area contributed by atoms with Crippen molar-refractivity contribution in [3.8, 4) is 6.07 Å². The highest BCUT2D eigenvalue weighted by atomic mass is 16.3. The number of rotatable bonds is 1. The second-order valence-corrected chi connectivity index (χ2v) is 0.957. The van der Waals surface area contributed by atoms with Crippen molar-refractivity contribution >= 4 is 0 Å². The van der Waals surface area contributed by atoms with Gasteiger partial charge in [0, 0.05) is 0 Å². The van der Waals surface area contributed by atoms with Crippen LogP contribution in [0.5, 0.6) is 0 Å². The van der Waals surface area contributed by atoms with Crippen molar-refractivity contribution in [2.24, 2.45) is 0 Å². The summed E-state index contributed by atoms with van der Waals surface area (Å²) in [5, 5.41) is 16.0. The quantitative estimate of drug-likeness (QED) is 0.459. The molecule has 0 aliphatic carbocycles. The van der Waals surface area contributed by atoms with Gasteiger partial charge in [-0.25, -0.2) is 6.57 Å². The van der Waals surface area contributed by atoms with Crippen LogP contribution >= 0.6 is 0 Å². The molecule has 0 aromatic carbocycles. The summed E-state index contributed by atoms with van der Waals surface area (Å²) < 4.78 is 0. The zero-order valence-corrected chi connectivity index (χ0v) is 3.63. The van der Waals surface area contributed by atoms with Crippen molar-refractivity contribution in [3.05, 3.63) is 11.4 Å². The van der Waals surface area contributed by atoms with Crippen molar-refractivity contribution in [1.29, 1.82) is 5.26 Å². The van der Waals surface area contributed by atoms with E-state index in [4.69, 9.17) is 16.9 Å². The highest BCUT2D eigenvalue weighted by molar-refractivity contribution is 4.97. The van der Waals surface area contributed by atoms with E-state index in [1.807, 2.05) is 0 Å². The molecule has 0 aromatic heterocycles. The van der Waals surface area contributed by atoms with Gasteiger partial charge in [-0.2, -0.15) is 5.26 Å². The first-order valence-corrected chi connectivity index (χ1v) is 1.72. The summed E-state index contributed by atoms with van der Waals surface area (Å²) in [7, 11) is 0. The predicted molar refractivity (Wildman–Crippen MR) is 23.1 cm³/mol. The van der Waals surface area contributed by atoms with E-state index < -0.39 is 6.04 Å². The Bertz CT molecular complexity index is 105. The Hall–Kier alpha value is -1.06. The molecule has 36 valence electrons. The van der Waals surface area contributed by atoms with E-state index in [0.29, 0.717) is 0 Å². The fourth-order valence-electron chi connectivity index (χ4n) is 0.111. The van der Waals surface area contributed by atoms with Crippen LogP contribution in [0.1, 0.15) is 0 Å². The molecule has 1 atom stereocenters. The summed E-state index contributed by atoms with van der Waals surface area (Å²) >= 11 is 0. The summed E-state index contributed by atoms with van der Waals surface area (Å²) in [6, 6.07) is 0.736. The van der Waals surface area contributed by atoms with Gasteiger partial charge in [0.2, 0.25) is 0 Å². The number of hydrogen-bond acceptors (Lipinski definition) is 2. The molecule has 0 aliphatic rings. The lowest BCUT2D eigenvalue weighted by Crippen LogP contribution is -2.02. The fraction of sp³-hybridized carbons (Fsp3) is 0.500. The summed E-state index contributed by atoms with van der Waals surface area (Å²) in [6.45, 7) is 5.84. The van der Waals surface area contributed by atoms with Crippen molar-refractivity contribution < 1.29 is 5.11 Å². The maximum atomic E-state index is 8.09. The van der Waals surface area contributed by atoms with Crippen LogP contribution in [0, 0.1) is 17.9 Å². The maximum Gasteiger partial charge on any atom is 0.329 e. The minimum atomic E-state index is -0.861. The molecule has 3 heteroatoms. The van der Waals surface area contributed by atoms with Gasteiger partial charge >= 0.3 is 6.04 Å². The molecule has 0 saturated heterocycles. The smallest absolute Gasteiger partial charge is 0.329 e. The van der Waals surface area contributed by atoms with E-state index in [1.165, 1.54) is 0 Å². The molecule has 0 radical (unpaired) electrons. The minimum absolute atomic E-state index is 0.361. The molecule has 0 aliphatic heterocycles. The van der Waals surface area contributed by atoms with Gasteiger partial charge in [0.05, 0.1) is 0 Å². The lowest BCUT2D eigenvalue weighted by molar-refractivity contribution is 0.298. The molecule has 1 N–H and O–H groups in total. The topological polar surface area (TPSA) is 48.4 Å². The summed E-state index contributed by atoms with van der Waals surface area (Å²) in [5.41, 5.74) is 0. The van der Waals surface area contributed by atoms with Gasteiger partial charge in [0.15, 0.2) is 6.07 Å². The molecular formula is C4H4N2O. The highest BCUT2D eigenvalue weighted by Crippen LogP contribution is 1.81. The first-order chi connectivity index (χ1) is 3.35. The monoisotopic (exact) mass is 96.0 g/mol. The van der Waals surface area contributed by atoms with Gasteiger partial charge in [-0.3, -0.25) is 4.85 Å². The van der Waals surface area contributed by atoms with Gasteiger partial charge < -0.3 is 5.11 Å². The van der Waals surface area contributed by atoms with E-state index in [9.17, 15) is 0 Å². The van der Waals surface area contributed by atoms with Gasteiger partial charge in [-0.1, -0.05) is 0 Å². The second-order valence-electron chi connectivity index (χ2n) is 0.957. The van der Waals surface area contributed by atoms with Crippen LogP contribution in [0.25, 0.3) is 4.85 Å². The lowest BCUT2D eigenvalue weighted by Gasteiger charge is -1.81. The largest absolute Gasteiger partial charge is 0.387 e. The van der Waals surface area contributed by atoms with Crippen LogP contribution in [0.3, 0.4) is 0 Å². The van der Waals surface area contributed by atoms with Crippen LogP contribution in [0.2, 0.25) is 0 Å². The Labute approximate surface area is 41.6 Å². The summed E-state index contributed by atoms with van der Waals surface area (Å²) in [5.74, 6) is 0. The molecule has 0 bridgehead atoms. The van der Waals surface area contributed by atoms with Gasteiger partial charge in [0.25, 0.3) is 0 Å². The molecule has 1 unspecified atom stereocenters. The fourth-order valence-corrected chi connectivity index (χ4v) is 0.111. The van der Waals surface area contributed by atoms with Gasteiger partial charge in [0.1, 0.15) is 6.61 Å². The zero-order chi connectivity index (χ0) is 5.70. The Morgan fingerprint density at radius 2 is 2.57 bits per heavy atom. The first-order valence-electron chi connectivity index (χ1n) is 1.72. The lowest BCUT2D eigenvalue weighted by atomic mass is 10.4. The number of nitriles is 1. The molecule has 0 heterocycles. The molecule has 0 spiro atoms. The Kier molecular flexibility index (Phi) is 2.67. The normalized spacial score (nSPS) is 11.3. The van der Waals surface area contributed by atoms with E-state index in [2.05, 4.69) is 4.85 Å². The van der Waals surface area contributed by atoms with Crippen LogP contribution in [-0.4, -0.2) is 17.8 Å². The van der Waals surface area contributed by atoms with Crippen LogP contribution < -0.4 is 0 Å². The Balaban J connectivity index is 3.50. The predicted octanol–water partition coefficient (Wildman–Crippen LogP) is -0.210. The average Bonchev–Trinajstić information content (AvgIpc) is 1.72. The Morgan fingerprint density at radius 1 is 2.00 bits per heavy atom. The second kappa shape index (κ2) is 3.14. The Morgan fingerprint density at radius 3 is 2.57 bits per heavy atom. The molecule has 0 rings (SSSR count). The minimum Gasteiger partial charge on any atom is -0.387 e. The molecule has 3 nitrogen and oxygen atoms in total. The van der Waals surface area contributed by atoms with Crippen LogP contribution in [0.15, 0.2) is 0 Å². The van der Waals surface area contributed by atoms with Crippen molar-refractivity contribution in [2.45, 2.75) is 6.04 Å². The maximum absolute atomic E-state index is 8.09. The molecule has 0 saturated carbocycles. The van der Waals surface area contributed by atoms with Crippen molar-refractivity contribution in [3.63, 3.8) is 0 Å². The third kappa shape index (κ3) is 1.75. The summed E-state index contributed by atoms with van der Waals surface area (Å²) in [4.78, 5) is 2.76. The third-order valence-corrected chi connectivity index (χ3v) is 0.478. The third-order valence-electron chi connectivity index (χ3n) is 0.478. The van der Waals surface area contributed by atoms with Gasteiger partial charge in [-0.15, -0.1) is 0 Å². The zero-order valence-electron chi connectivity index (χ0n) is 3.63. The highest BCUT2D eigenvalue weighted by Gasteiger charge is 2.04. The van der Waals surface area contributed by atoms with E-state index in [-0.39, 0.29) is 6.61 Å². The average molecular weight is 96.1 g/mol. The first kappa shape index (κ1) is 5.94. The van der Waals surface area contributed by atoms with Crippen LogP contribution in [0.4, 0.5) is 0 Å². The van der Waals surface area contributed by atoms with Crippen LogP contribution in [-0.2, 0) is 0 Å². The van der Waals surface area contributed by atoms with E-state index >= 15 is 0 Å². The van der Waals surface area contributed by atoms with E-state index in [0.717, 1.165) is 0 Å². The SMILES string of the molecule is [C-]#[N+]C(C#N)CO. The number of hydrogen-bond donors (Lipinski definition) is 1. The standard InChI is InChI=1S/C4H4N2O/c1-6-4(2-5)3-7/h4,7H,3H2. The van der Waals surface area contributed by atoms with Crippen molar-refractivity contribution in [1.82, 2.24) is 0 Å². The molecule has 7 heavy (non-hydrogen) atoms. The summed E-state index contributed by atoms with van der Waals surface area (Å²) in [6.07, 6.45) is 0. The van der Waals surface area contributed by atoms with Gasteiger partial charge in [-0.05, 0) is 0 Å². The molecule has 0 amide bonds.